The molecule has 29 heavy (non-hydrogen) atoms. The van der Waals surface area contributed by atoms with Gasteiger partial charge in [0.1, 0.15) is 24.2 Å². The van der Waals surface area contributed by atoms with Crippen LogP contribution in [0.25, 0.3) is 0 Å². The summed E-state index contributed by atoms with van der Waals surface area (Å²) in [5, 5.41) is 43.0. The topological polar surface area (TPSA) is 228 Å². The van der Waals surface area contributed by atoms with Gasteiger partial charge >= 0.3 is 11.9 Å². The first-order valence-electron chi connectivity index (χ1n) is 8.40. The van der Waals surface area contributed by atoms with Gasteiger partial charge in [-0.3, -0.25) is 19.2 Å². The summed E-state index contributed by atoms with van der Waals surface area (Å²) in [6.07, 6.45) is -3.61. The second-order valence-corrected chi connectivity index (χ2v) is 6.60. The summed E-state index contributed by atoms with van der Waals surface area (Å²) in [6, 6.07) is -6.06. The lowest BCUT2D eigenvalue weighted by atomic mass is 10.1. The van der Waals surface area contributed by atoms with E-state index in [9.17, 15) is 34.2 Å². The number of nitrogens with two attached hydrogens (primary N) is 1. The molecule has 0 aromatic heterocycles. The summed E-state index contributed by atoms with van der Waals surface area (Å²) in [6.45, 7) is 2.40. The Morgan fingerprint density at radius 3 is 1.76 bits per heavy atom. The Morgan fingerprint density at radius 2 is 1.38 bits per heavy atom. The van der Waals surface area contributed by atoms with Crippen LogP contribution >= 0.6 is 12.6 Å². The van der Waals surface area contributed by atoms with E-state index < -0.39 is 72.5 Å². The second kappa shape index (κ2) is 12.2. The van der Waals surface area contributed by atoms with Crippen molar-refractivity contribution in [2.45, 2.75) is 56.6 Å². The predicted octanol–water partition coefficient (Wildman–Crippen LogP) is -3.98. The van der Waals surface area contributed by atoms with E-state index in [1.54, 1.807) is 0 Å². The maximum absolute atomic E-state index is 12.3. The Labute approximate surface area is 171 Å². The lowest BCUT2D eigenvalue weighted by molar-refractivity contribution is -0.147. The Morgan fingerprint density at radius 1 is 0.862 bits per heavy atom. The number of aliphatic hydroxyl groups is 2. The number of aliphatic hydroxyl groups excluding tert-OH is 2. The van der Waals surface area contributed by atoms with Gasteiger partial charge in [-0.1, -0.05) is 0 Å². The average molecular weight is 438 g/mol. The van der Waals surface area contributed by atoms with Gasteiger partial charge in [-0.05, 0) is 13.8 Å². The van der Waals surface area contributed by atoms with E-state index in [2.05, 4.69) is 23.3 Å². The molecule has 0 heterocycles. The smallest absolute Gasteiger partial charge is 0.326 e. The summed E-state index contributed by atoms with van der Waals surface area (Å²) in [5.74, 6) is -6.29. The molecule has 0 saturated heterocycles. The molecule has 0 aromatic carbocycles. The van der Waals surface area contributed by atoms with Crippen LogP contribution in [0.2, 0.25) is 0 Å². The minimum atomic E-state index is -1.79. The quantitative estimate of drug-likeness (QED) is 0.134. The van der Waals surface area contributed by atoms with Gasteiger partial charge in [0.2, 0.25) is 17.7 Å². The molecule has 0 fully saturated rings. The number of amides is 3. The zero-order valence-corrected chi connectivity index (χ0v) is 16.6. The van der Waals surface area contributed by atoms with Crippen LogP contribution in [0, 0.1) is 0 Å². The molecule has 3 amide bonds. The molecule has 6 unspecified atom stereocenters. The molecule has 0 radical (unpaired) electrons. The molecule has 0 saturated carbocycles. The first-order valence-corrected chi connectivity index (χ1v) is 9.03. The van der Waals surface area contributed by atoms with Crippen LogP contribution in [-0.4, -0.2) is 92.2 Å². The van der Waals surface area contributed by atoms with Gasteiger partial charge in [-0.15, -0.1) is 0 Å². The molecule has 166 valence electrons. The van der Waals surface area contributed by atoms with Gasteiger partial charge in [-0.25, -0.2) is 4.79 Å². The molecule has 9 N–H and O–H groups in total. The van der Waals surface area contributed by atoms with Gasteiger partial charge in [0.15, 0.2) is 0 Å². The fourth-order valence-corrected chi connectivity index (χ4v) is 2.23. The van der Waals surface area contributed by atoms with Gasteiger partial charge < -0.3 is 42.1 Å². The zero-order valence-electron chi connectivity index (χ0n) is 15.7. The van der Waals surface area contributed by atoms with Crippen molar-refractivity contribution in [2.24, 2.45) is 5.73 Å². The highest BCUT2D eigenvalue weighted by atomic mass is 32.1. The summed E-state index contributed by atoms with van der Waals surface area (Å²) < 4.78 is 0. The fraction of sp³-hybridized carbons (Fsp3) is 0.667. The maximum Gasteiger partial charge on any atom is 0.326 e. The highest BCUT2D eigenvalue weighted by molar-refractivity contribution is 7.80. The van der Waals surface area contributed by atoms with Crippen LogP contribution < -0.4 is 21.7 Å². The van der Waals surface area contributed by atoms with Crippen molar-refractivity contribution in [3.05, 3.63) is 0 Å². The first kappa shape index (κ1) is 26.6. The molecule has 0 spiro atoms. The molecule has 0 aromatic rings. The second-order valence-electron chi connectivity index (χ2n) is 6.23. The Bertz CT molecular complexity index is 629. The van der Waals surface area contributed by atoms with Gasteiger partial charge in [0.25, 0.3) is 0 Å². The summed E-state index contributed by atoms with van der Waals surface area (Å²) in [5.41, 5.74) is 5.46. The van der Waals surface area contributed by atoms with E-state index in [-0.39, 0.29) is 5.75 Å². The van der Waals surface area contributed by atoms with Crippen LogP contribution in [0.15, 0.2) is 0 Å². The largest absolute Gasteiger partial charge is 0.481 e. The molecule has 14 heteroatoms. The minimum Gasteiger partial charge on any atom is -0.481 e. The first-order chi connectivity index (χ1) is 13.3. The SMILES string of the molecule is CC(O)C(N)C(=O)NC(CS)C(=O)NC(C(=O)NC(CC(=O)O)C(=O)O)C(C)O. The lowest BCUT2D eigenvalue weighted by Gasteiger charge is -2.26. The van der Waals surface area contributed by atoms with E-state index in [0.717, 1.165) is 6.92 Å². The molecule has 13 nitrogen and oxygen atoms in total. The molecular formula is C15H26N4O9S. The zero-order chi connectivity index (χ0) is 22.9. The molecule has 0 aliphatic heterocycles. The van der Waals surface area contributed by atoms with Crippen molar-refractivity contribution >= 4 is 42.3 Å². The summed E-state index contributed by atoms with van der Waals surface area (Å²) in [4.78, 5) is 58.2. The average Bonchev–Trinajstić information content (AvgIpc) is 2.61. The highest BCUT2D eigenvalue weighted by Crippen LogP contribution is 2.01. The number of nitrogens with one attached hydrogen (secondary N) is 3. The maximum atomic E-state index is 12.3. The third-order valence-electron chi connectivity index (χ3n) is 3.69. The number of carboxylic acids is 2. The number of carbonyl (C=O) groups excluding carboxylic acids is 3. The van der Waals surface area contributed by atoms with Crippen molar-refractivity contribution in [2.75, 3.05) is 5.75 Å². The van der Waals surface area contributed by atoms with E-state index in [4.69, 9.17) is 15.9 Å². The molecular weight excluding hydrogens is 412 g/mol. The van der Waals surface area contributed by atoms with E-state index in [1.165, 1.54) is 6.92 Å². The molecule has 0 aliphatic carbocycles. The Balaban J connectivity index is 5.22. The predicted molar refractivity (Wildman–Crippen MR) is 101 cm³/mol. The van der Waals surface area contributed by atoms with Crippen LogP contribution in [-0.2, 0) is 24.0 Å². The number of carboxylic acid groups (broad SMARTS) is 2. The third-order valence-corrected chi connectivity index (χ3v) is 4.06. The number of rotatable bonds is 12. The van der Waals surface area contributed by atoms with Crippen molar-refractivity contribution in [3.63, 3.8) is 0 Å². The lowest BCUT2D eigenvalue weighted by Crippen LogP contribution is -2.60. The number of thiol groups is 1. The molecule has 0 bridgehead atoms. The molecule has 0 rings (SSSR count). The van der Waals surface area contributed by atoms with E-state index >= 15 is 0 Å². The van der Waals surface area contributed by atoms with Gasteiger partial charge in [0.05, 0.1) is 18.6 Å². The Hall–Kier alpha value is -2.42. The van der Waals surface area contributed by atoms with Crippen LogP contribution in [0.5, 0.6) is 0 Å². The number of hydrogen-bond acceptors (Lipinski definition) is 9. The third kappa shape index (κ3) is 9.08. The van der Waals surface area contributed by atoms with Crippen LogP contribution in [0.3, 0.4) is 0 Å². The van der Waals surface area contributed by atoms with E-state index in [0.29, 0.717) is 0 Å². The number of hydrogen-bond donors (Lipinski definition) is 9. The van der Waals surface area contributed by atoms with Crippen molar-refractivity contribution in [3.8, 4) is 0 Å². The molecule has 6 atom stereocenters. The van der Waals surface area contributed by atoms with E-state index in [1.807, 2.05) is 5.32 Å². The van der Waals surface area contributed by atoms with Crippen LogP contribution in [0.1, 0.15) is 20.3 Å². The minimum absolute atomic E-state index is 0.227. The van der Waals surface area contributed by atoms with Gasteiger partial charge in [-0.2, -0.15) is 12.6 Å². The Kier molecular flexibility index (Phi) is 11.2. The monoisotopic (exact) mass is 438 g/mol. The van der Waals surface area contributed by atoms with Crippen LogP contribution in [0.4, 0.5) is 0 Å². The number of aliphatic carboxylic acids is 2. The van der Waals surface area contributed by atoms with Crippen molar-refractivity contribution in [1.82, 2.24) is 16.0 Å². The number of carbonyl (C=O) groups is 5. The van der Waals surface area contributed by atoms with Crippen molar-refractivity contribution < 1.29 is 44.4 Å². The fourth-order valence-electron chi connectivity index (χ4n) is 1.98. The summed E-state index contributed by atoms with van der Waals surface area (Å²) in [7, 11) is 0. The summed E-state index contributed by atoms with van der Waals surface area (Å²) >= 11 is 3.91. The standard InChI is InChI=1S/C15H26N4O9S/c1-5(20)10(16)13(25)18-8(4-29)12(24)19-11(6(2)21)14(26)17-7(15(27)28)3-9(22)23/h5-8,10-11,20-21,29H,3-4,16H2,1-2H3,(H,17,26)(H,18,25)(H,19,24)(H,22,23)(H,27,28). The highest BCUT2D eigenvalue weighted by Gasteiger charge is 2.33. The van der Waals surface area contributed by atoms with Gasteiger partial charge in [0, 0.05) is 5.75 Å². The normalized spacial score (nSPS) is 17.0. The van der Waals surface area contributed by atoms with Crippen molar-refractivity contribution in [1.29, 1.82) is 0 Å². The molecule has 0 aliphatic rings.